The number of nitrogens with one attached hydrogen (secondary N) is 1. The molecule has 0 heterocycles. The molecule has 0 bridgehead atoms. The lowest BCUT2D eigenvalue weighted by molar-refractivity contribution is -0.0301. The van der Waals surface area contributed by atoms with E-state index in [9.17, 15) is 0 Å². The molecule has 0 saturated heterocycles. The fraction of sp³-hybridized carbons (Fsp3) is 0.571. The Morgan fingerprint density at radius 1 is 1.16 bits per heavy atom. The number of benzene rings is 1. The lowest BCUT2D eigenvalue weighted by Crippen LogP contribution is -2.45. The van der Waals surface area contributed by atoms with Crippen LogP contribution in [0.3, 0.4) is 0 Å². The summed E-state index contributed by atoms with van der Waals surface area (Å²) in [6.07, 6.45) is 0.817. The molecule has 0 saturated carbocycles. The van der Waals surface area contributed by atoms with Crippen LogP contribution in [0.25, 0.3) is 0 Å². The molecule has 0 aromatic heterocycles. The summed E-state index contributed by atoms with van der Waals surface area (Å²) in [5, 5.41) is 0. The third kappa shape index (κ3) is 3.37. The van der Waals surface area contributed by atoms with Crippen LogP contribution < -0.4 is 20.7 Å². The van der Waals surface area contributed by atoms with Crippen molar-refractivity contribution in [3.63, 3.8) is 0 Å². The molecule has 108 valence electrons. The van der Waals surface area contributed by atoms with E-state index in [1.807, 2.05) is 25.1 Å². The Balaban J connectivity index is 3.24. The van der Waals surface area contributed by atoms with E-state index in [-0.39, 0.29) is 6.04 Å². The topological polar surface area (TPSA) is 65.7 Å². The van der Waals surface area contributed by atoms with Crippen LogP contribution in [0.1, 0.15) is 31.9 Å². The molecule has 0 fully saturated rings. The summed E-state index contributed by atoms with van der Waals surface area (Å²) in [7, 11) is 4.93. The summed E-state index contributed by atoms with van der Waals surface area (Å²) < 4.78 is 16.2. The summed E-state index contributed by atoms with van der Waals surface area (Å²) in [5.41, 5.74) is 3.38. The van der Waals surface area contributed by atoms with Gasteiger partial charge in [-0.25, -0.2) is 0 Å². The largest absolute Gasteiger partial charge is 0.497 e. The highest BCUT2D eigenvalue weighted by atomic mass is 16.5. The second-order valence-electron chi connectivity index (χ2n) is 4.62. The van der Waals surface area contributed by atoms with Crippen molar-refractivity contribution in [3.05, 3.63) is 23.8 Å². The summed E-state index contributed by atoms with van der Waals surface area (Å²) >= 11 is 0. The molecule has 0 aliphatic carbocycles. The molecule has 0 spiro atoms. The van der Waals surface area contributed by atoms with E-state index in [0.29, 0.717) is 0 Å². The second-order valence-corrected chi connectivity index (χ2v) is 4.62. The van der Waals surface area contributed by atoms with Gasteiger partial charge < -0.3 is 14.2 Å². The van der Waals surface area contributed by atoms with E-state index in [2.05, 4.69) is 12.3 Å². The van der Waals surface area contributed by atoms with Crippen LogP contribution >= 0.6 is 0 Å². The van der Waals surface area contributed by atoms with E-state index < -0.39 is 5.60 Å². The Labute approximate surface area is 115 Å². The molecule has 19 heavy (non-hydrogen) atoms. The maximum Gasteiger partial charge on any atom is 0.122 e. The van der Waals surface area contributed by atoms with E-state index in [1.54, 1.807) is 21.3 Å². The maximum atomic E-state index is 5.71. The molecule has 0 radical (unpaired) electrons. The number of methoxy groups -OCH3 is 3. The SMILES string of the molecule is CCC(C)(OC)C(NN)c1cc(OC)cc(OC)c1. The molecular formula is C14H24N2O3. The van der Waals surface area contributed by atoms with Crippen molar-refractivity contribution < 1.29 is 14.2 Å². The zero-order chi connectivity index (χ0) is 14.5. The highest BCUT2D eigenvalue weighted by molar-refractivity contribution is 5.40. The molecule has 0 aliphatic heterocycles. The van der Waals surface area contributed by atoms with Gasteiger partial charge in [-0.2, -0.15) is 0 Å². The fourth-order valence-corrected chi connectivity index (χ4v) is 2.09. The van der Waals surface area contributed by atoms with Gasteiger partial charge in [0, 0.05) is 13.2 Å². The zero-order valence-electron chi connectivity index (χ0n) is 12.3. The van der Waals surface area contributed by atoms with Gasteiger partial charge in [-0.1, -0.05) is 6.92 Å². The van der Waals surface area contributed by atoms with Crippen molar-refractivity contribution in [1.29, 1.82) is 0 Å². The first-order valence-electron chi connectivity index (χ1n) is 6.28. The van der Waals surface area contributed by atoms with E-state index >= 15 is 0 Å². The standard InChI is InChI=1S/C14H24N2O3/c1-6-14(2,19-5)13(16-15)10-7-11(17-3)9-12(8-10)18-4/h7-9,13,16H,6,15H2,1-5H3. The minimum Gasteiger partial charge on any atom is -0.497 e. The van der Waals surface area contributed by atoms with E-state index in [0.717, 1.165) is 23.5 Å². The quantitative estimate of drug-likeness (QED) is 0.585. The molecule has 0 amide bonds. The summed E-state index contributed by atoms with van der Waals surface area (Å²) in [4.78, 5) is 0. The number of nitrogens with two attached hydrogens (primary N) is 1. The van der Waals surface area contributed by atoms with Crippen molar-refractivity contribution in [2.24, 2.45) is 5.84 Å². The minimum atomic E-state index is -0.411. The van der Waals surface area contributed by atoms with Crippen LogP contribution in [0.4, 0.5) is 0 Å². The first-order valence-corrected chi connectivity index (χ1v) is 6.28. The first kappa shape index (κ1) is 15.8. The highest BCUT2D eigenvalue weighted by Crippen LogP contribution is 2.34. The Bertz CT molecular complexity index is 383. The van der Waals surface area contributed by atoms with Gasteiger partial charge in [0.25, 0.3) is 0 Å². The Kier molecular flexibility index (Phi) is 5.60. The molecule has 5 nitrogen and oxygen atoms in total. The van der Waals surface area contributed by atoms with E-state index in [1.165, 1.54) is 0 Å². The lowest BCUT2D eigenvalue weighted by atomic mass is 9.88. The molecule has 1 rings (SSSR count). The fourth-order valence-electron chi connectivity index (χ4n) is 2.09. The Hall–Kier alpha value is -1.30. The van der Waals surface area contributed by atoms with E-state index in [4.69, 9.17) is 20.1 Å². The average Bonchev–Trinajstić information content (AvgIpc) is 2.47. The van der Waals surface area contributed by atoms with Gasteiger partial charge in [-0.05, 0) is 31.0 Å². The van der Waals surface area contributed by atoms with Gasteiger partial charge in [0.1, 0.15) is 11.5 Å². The summed E-state index contributed by atoms with van der Waals surface area (Å²) in [5.74, 6) is 7.17. The van der Waals surface area contributed by atoms with Crippen LogP contribution in [0, 0.1) is 0 Å². The highest BCUT2D eigenvalue weighted by Gasteiger charge is 2.33. The second kappa shape index (κ2) is 6.75. The van der Waals surface area contributed by atoms with Gasteiger partial charge in [-0.15, -0.1) is 0 Å². The smallest absolute Gasteiger partial charge is 0.122 e. The Morgan fingerprint density at radius 2 is 1.68 bits per heavy atom. The Morgan fingerprint density at radius 3 is 2.00 bits per heavy atom. The van der Waals surface area contributed by atoms with Crippen molar-refractivity contribution in [3.8, 4) is 11.5 Å². The van der Waals surface area contributed by atoms with Gasteiger partial charge in [0.2, 0.25) is 0 Å². The van der Waals surface area contributed by atoms with Crippen molar-refractivity contribution in [2.75, 3.05) is 21.3 Å². The monoisotopic (exact) mass is 268 g/mol. The van der Waals surface area contributed by atoms with Crippen molar-refractivity contribution in [1.82, 2.24) is 5.43 Å². The maximum absolute atomic E-state index is 5.71. The molecular weight excluding hydrogens is 244 g/mol. The molecule has 2 unspecified atom stereocenters. The number of hydrazine groups is 1. The third-order valence-corrected chi connectivity index (χ3v) is 3.65. The predicted molar refractivity (Wildman–Crippen MR) is 75.3 cm³/mol. The molecule has 2 atom stereocenters. The van der Waals surface area contributed by atoms with Crippen LogP contribution in [-0.4, -0.2) is 26.9 Å². The molecule has 5 heteroatoms. The van der Waals surface area contributed by atoms with Crippen LogP contribution in [0.15, 0.2) is 18.2 Å². The third-order valence-electron chi connectivity index (χ3n) is 3.65. The normalized spacial score (nSPS) is 15.7. The lowest BCUT2D eigenvalue weighted by Gasteiger charge is -2.35. The predicted octanol–water partition coefficient (Wildman–Crippen LogP) is 2.02. The molecule has 1 aromatic rings. The van der Waals surface area contributed by atoms with Gasteiger partial charge in [-0.3, -0.25) is 11.3 Å². The van der Waals surface area contributed by atoms with Gasteiger partial charge >= 0.3 is 0 Å². The van der Waals surface area contributed by atoms with Crippen molar-refractivity contribution >= 4 is 0 Å². The summed E-state index contributed by atoms with van der Waals surface area (Å²) in [6.45, 7) is 4.08. The van der Waals surface area contributed by atoms with Crippen LogP contribution in [0.5, 0.6) is 11.5 Å². The van der Waals surface area contributed by atoms with Crippen LogP contribution in [-0.2, 0) is 4.74 Å². The minimum absolute atomic E-state index is 0.161. The number of ether oxygens (including phenoxy) is 3. The average molecular weight is 268 g/mol. The molecule has 3 N–H and O–H groups in total. The molecule has 1 aromatic carbocycles. The number of hydrogen-bond donors (Lipinski definition) is 2. The van der Waals surface area contributed by atoms with Crippen LogP contribution in [0.2, 0.25) is 0 Å². The van der Waals surface area contributed by atoms with Crippen molar-refractivity contribution in [2.45, 2.75) is 31.9 Å². The zero-order valence-corrected chi connectivity index (χ0v) is 12.3. The number of rotatable bonds is 7. The van der Waals surface area contributed by atoms with Gasteiger partial charge in [0.05, 0.1) is 25.9 Å². The van der Waals surface area contributed by atoms with Gasteiger partial charge in [0.15, 0.2) is 0 Å². The first-order chi connectivity index (χ1) is 9.04. The summed E-state index contributed by atoms with van der Waals surface area (Å²) in [6, 6.07) is 5.53. The molecule has 0 aliphatic rings. The number of hydrogen-bond acceptors (Lipinski definition) is 5.